The van der Waals surface area contributed by atoms with Crippen molar-refractivity contribution < 1.29 is 19.1 Å². The minimum absolute atomic E-state index is 0.0337. The number of carbonyl (C=O) groups excluding carboxylic acids is 3. The number of nitrogens with one attached hydrogen (secondary N) is 1. The third kappa shape index (κ3) is 4.24. The number of alkyl carbamates (subject to hydrolysis) is 1. The van der Waals surface area contributed by atoms with Crippen molar-refractivity contribution in [3.63, 3.8) is 0 Å². The van der Waals surface area contributed by atoms with Gasteiger partial charge in [0.05, 0.1) is 0 Å². The van der Waals surface area contributed by atoms with Crippen molar-refractivity contribution in [1.82, 2.24) is 5.32 Å². The van der Waals surface area contributed by atoms with Gasteiger partial charge >= 0.3 is 6.09 Å². The van der Waals surface area contributed by atoms with Gasteiger partial charge in [-0.05, 0) is 19.4 Å². The van der Waals surface area contributed by atoms with E-state index in [1.807, 2.05) is 18.2 Å². The first kappa shape index (κ1) is 15.4. The molecule has 0 unspecified atom stereocenters. The van der Waals surface area contributed by atoms with Crippen LogP contribution in [0.25, 0.3) is 0 Å². The van der Waals surface area contributed by atoms with Gasteiger partial charge in [-0.25, -0.2) is 4.79 Å². The molecule has 6 nitrogen and oxygen atoms in total. The van der Waals surface area contributed by atoms with Gasteiger partial charge in [-0.1, -0.05) is 30.3 Å². The second-order valence-corrected chi connectivity index (χ2v) is 4.12. The molecular weight excluding hydrogens is 260 g/mol. The first-order valence-electron chi connectivity index (χ1n) is 5.94. The molecule has 1 atom stereocenters. The smallest absolute Gasteiger partial charge is 0.412 e. The van der Waals surface area contributed by atoms with E-state index in [2.05, 4.69) is 5.32 Å². The molecule has 0 heterocycles. The zero-order chi connectivity index (χ0) is 15.1. The zero-order valence-corrected chi connectivity index (χ0v) is 11.3. The van der Waals surface area contributed by atoms with E-state index in [-0.39, 0.29) is 17.7 Å². The van der Waals surface area contributed by atoms with Gasteiger partial charge in [-0.3, -0.25) is 14.9 Å². The van der Waals surface area contributed by atoms with Gasteiger partial charge in [0.25, 0.3) is 0 Å². The maximum Gasteiger partial charge on any atom is 0.412 e. The molecule has 0 bridgehead atoms. The normalized spacial score (nSPS) is 12.9. The number of allylic oxidation sites excluding steroid dienone is 2. The van der Waals surface area contributed by atoms with Crippen molar-refractivity contribution in [3.8, 4) is 0 Å². The lowest BCUT2D eigenvalue weighted by Crippen LogP contribution is -2.31. The molecule has 20 heavy (non-hydrogen) atoms. The van der Waals surface area contributed by atoms with E-state index in [0.717, 1.165) is 5.56 Å². The van der Waals surface area contributed by atoms with E-state index in [1.54, 1.807) is 19.1 Å². The van der Waals surface area contributed by atoms with Gasteiger partial charge in [0, 0.05) is 5.70 Å². The molecule has 0 spiro atoms. The molecule has 0 aliphatic rings. The molecule has 0 fully saturated rings. The Morgan fingerprint density at radius 3 is 2.40 bits per heavy atom. The number of Topliss-reactive ketones (excluding diaryl/α,β-unsaturated/α-hetero) is 1. The summed E-state index contributed by atoms with van der Waals surface area (Å²) >= 11 is 0. The van der Waals surface area contributed by atoms with Gasteiger partial charge in [0.15, 0.2) is 6.29 Å². The van der Waals surface area contributed by atoms with Gasteiger partial charge in [-0.15, -0.1) is 0 Å². The van der Waals surface area contributed by atoms with Crippen LogP contribution in [0.3, 0.4) is 0 Å². The third-order valence-corrected chi connectivity index (χ3v) is 2.53. The number of ether oxygens (including phenoxy) is 1. The highest BCUT2D eigenvalue weighted by Crippen LogP contribution is 2.16. The van der Waals surface area contributed by atoms with Crippen LogP contribution in [-0.2, 0) is 14.3 Å². The number of benzene rings is 1. The third-order valence-electron chi connectivity index (χ3n) is 2.53. The standard InChI is InChI=1S/C14H16N2O4/c1-9(15)13(12(18)8-17)16-14(19)20-10(2)11-6-4-3-5-7-11/h3-8,10H,15H2,1-2H3,(H,16,19)/t10-/m1/s1. The van der Waals surface area contributed by atoms with Crippen LogP contribution in [0.4, 0.5) is 4.79 Å². The number of aldehydes is 1. The number of ketones is 1. The summed E-state index contributed by atoms with van der Waals surface area (Å²) in [6.45, 7) is 3.09. The lowest BCUT2D eigenvalue weighted by molar-refractivity contribution is -0.127. The van der Waals surface area contributed by atoms with E-state index in [1.165, 1.54) is 6.92 Å². The minimum atomic E-state index is -0.908. The molecule has 0 aliphatic carbocycles. The molecular formula is C14H16N2O4. The van der Waals surface area contributed by atoms with Gasteiger partial charge in [-0.2, -0.15) is 0 Å². The molecule has 0 saturated heterocycles. The fourth-order valence-electron chi connectivity index (χ4n) is 1.50. The molecule has 0 aromatic heterocycles. The summed E-state index contributed by atoms with van der Waals surface area (Å²) in [4.78, 5) is 33.4. The van der Waals surface area contributed by atoms with Gasteiger partial charge < -0.3 is 10.5 Å². The molecule has 0 aliphatic heterocycles. The number of amides is 1. The summed E-state index contributed by atoms with van der Waals surface area (Å²) in [5, 5.41) is 2.18. The second-order valence-electron chi connectivity index (χ2n) is 4.12. The predicted octanol–water partition coefficient (Wildman–Crippen LogP) is 1.43. The Hall–Kier alpha value is -2.63. The topological polar surface area (TPSA) is 98.5 Å². The maximum absolute atomic E-state index is 11.7. The van der Waals surface area contributed by atoms with Crippen molar-refractivity contribution in [1.29, 1.82) is 0 Å². The van der Waals surface area contributed by atoms with Crippen LogP contribution in [0.5, 0.6) is 0 Å². The lowest BCUT2D eigenvalue weighted by atomic mass is 10.1. The predicted molar refractivity (Wildman–Crippen MR) is 72.4 cm³/mol. The Morgan fingerprint density at radius 1 is 1.30 bits per heavy atom. The second kappa shape index (κ2) is 7.08. The Bertz CT molecular complexity index is 533. The van der Waals surface area contributed by atoms with Crippen molar-refractivity contribution in [2.24, 2.45) is 5.73 Å². The van der Waals surface area contributed by atoms with E-state index >= 15 is 0 Å². The molecule has 0 radical (unpaired) electrons. The molecule has 1 amide bonds. The molecule has 3 N–H and O–H groups in total. The molecule has 6 heteroatoms. The largest absolute Gasteiger partial charge is 0.441 e. The summed E-state index contributed by atoms with van der Waals surface area (Å²) in [5.74, 6) is -0.908. The zero-order valence-electron chi connectivity index (χ0n) is 11.3. The van der Waals surface area contributed by atoms with Crippen LogP contribution in [0.2, 0.25) is 0 Å². The quantitative estimate of drug-likeness (QED) is 0.481. The van der Waals surface area contributed by atoms with E-state index in [4.69, 9.17) is 10.5 Å². The van der Waals surface area contributed by atoms with Gasteiger partial charge in [0.2, 0.25) is 5.78 Å². The van der Waals surface area contributed by atoms with E-state index in [9.17, 15) is 14.4 Å². The fourth-order valence-corrected chi connectivity index (χ4v) is 1.50. The number of nitrogens with two attached hydrogens (primary N) is 1. The highest BCUT2D eigenvalue weighted by molar-refractivity contribution is 6.33. The summed E-state index contributed by atoms with van der Waals surface area (Å²) in [7, 11) is 0. The molecule has 106 valence electrons. The fraction of sp³-hybridized carbons (Fsp3) is 0.214. The average Bonchev–Trinajstić information content (AvgIpc) is 2.44. The van der Waals surface area contributed by atoms with Crippen molar-refractivity contribution >= 4 is 18.2 Å². The Kier molecular flexibility index (Phi) is 5.46. The van der Waals surface area contributed by atoms with Crippen LogP contribution in [0, 0.1) is 0 Å². The Labute approximate surface area is 116 Å². The summed E-state index contributed by atoms with van der Waals surface area (Å²) in [6, 6.07) is 9.09. The summed E-state index contributed by atoms with van der Waals surface area (Å²) in [6.07, 6.45) is -1.27. The van der Waals surface area contributed by atoms with Crippen molar-refractivity contribution in [2.45, 2.75) is 20.0 Å². The SMILES string of the molecule is CC(N)=C(NC(=O)O[C@H](C)c1ccccc1)C(=O)C=O. The highest BCUT2D eigenvalue weighted by atomic mass is 16.6. The summed E-state index contributed by atoms with van der Waals surface area (Å²) in [5.41, 5.74) is 6.00. The van der Waals surface area contributed by atoms with Gasteiger partial charge in [0.1, 0.15) is 11.8 Å². The first-order valence-corrected chi connectivity index (χ1v) is 5.94. The minimum Gasteiger partial charge on any atom is -0.441 e. The molecule has 0 saturated carbocycles. The van der Waals surface area contributed by atoms with Crippen molar-refractivity contribution in [3.05, 3.63) is 47.3 Å². The molecule has 1 aromatic rings. The first-order chi connectivity index (χ1) is 9.45. The number of rotatable bonds is 5. The van der Waals surface area contributed by atoms with E-state index < -0.39 is 18.0 Å². The molecule has 1 rings (SSSR count). The average molecular weight is 276 g/mol. The number of carbonyl (C=O) groups is 3. The molecule has 1 aromatic carbocycles. The highest BCUT2D eigenvalue weighted by Gasteiger charge is 2.17. The Balaban J connectivity index is 2.70. The number of hydrogen-bond donors (Lipinski definition) is 2. The lowest BCUT2D eigenvalue weighted by Gasteiger charge is -2.15. The summed E-state index contributed by atoms with van der Waals surface area (Å²) < 4.78 is 5.10. The van der Waals surface area contributed by atoms with Crippen LogP contribution in [-0.4, -0.2) is 18.2 Å². The Morgan fingerprint density at radius 2 is 1.90 bits per heavy atom. The van der Waals surface area contributed by atoms with Crippen LogP contribution < -0.4 is 11.1 Å². The monoisotopic (exact) mass is 276 g/mol. The van der Waals surface area contributed by atoms with Crippen LogP contribution >= 0.6 is 0 Å². The van der Waals surface area contributed by atoms with Crippen LogP contribution in [0.1, 0.15) is 25.5 Å². The van der Waals surface area contributed by atoms with E-state index in [0.29, 0.717) is 0 Å². The number of hydrogen-bond acceptors (Lipinski definition) is 5. The van der Waals surface area contributed by atoms with Crippen LogP contribution in [0.15, 0.2) is 41.7 Å². The maximum atomic E-state index is 11.7. The van der Waals surface area contributed by atoms with Crippen molar-refractivity contribution in [2.75, 3.05) is 0 Å².